The molecule has 3 N–H and O–H groups in total. The first-order valence-corrected chi connectivity index (χ1v) is 9.37. The van der Waals surface area contributed by atoms with Gasteiger partial charge < -0.3 is 24.8 Å². The molecule has 27 heavy (non-hydrogen) atoms. The van der Waals surface area contributed by atoms with Gasteiger partial charge in [0, 0.05) is 18.6 Å². The Balaban J connectivity index is 0.00000126. The SMILES string of the molecule is CCOc1ccc(Cc2cc([C@H]3OC[C@H](O)C[C@@H]3O)ccc2Cl)cc1.CO. The lowest BCUT2D eigenvalue weighted by Gasteiger charge is -2.31. The molecule has 1 saturated heterocycles. The average molecular weight is 395 g/mol. The number of ether oxygens (including phenoxy) is 2. The summed E-state index contributed by atoms with van der Waals surface area (Å²) in [4.78, 5) is 0. The van der Waals surface area contributed by atoms with Crippen LogP contribution in [0.1, 0.15) is 36.1 Å². The summed E-state index contributed by atoms with van der Waals surface area (Å²) in [7, 11) is 1.00. The molecule has 0 bridgehead atoms. The second-order valence-electron chi connectivity index (χ2n) is 6.32. The summed E-state index contributed by atoms with van der Waals surface area (Å²) in [5, 5.41) is 27.5. The first kappa shape index (κ1) is 21.7. The molecule has 1 aliphatic heterocycles. The number of benzene rings is 2. The molecule has 2 aromatic rings. The smallest absolute Gasteiger partial charge is 0.119 e. The van der Waals surface area contributed by atoms with E-state index in [4.69, 9.17) is 26.2 Å². The van der Waals surface area contributed by atoms with Gasteiger partial charge in [0.1, 0.15) is 11.9 Å². The van der Waals surface area contributed by atoms with E-state index in [-0.39, 0.29) is 6.61 Å². The largest absolute Gasteiger partial charge is 0.494 e. The van der Waals surface area contributed by atoms with Crippen LogP contribution in [0.4, 0.5) is 0 Å². The normalized spacial score (nSPS) is 21.9. The minimum absolute atomic E-state index is 0.235. The van der Waals surface area contributed by atoms with E-state index in [1.54, 1.807) is 0 Å². The summed E-state index contributed by atoms with van der Waals surface area (Å²) in [5.41, 5.74) is 2.98. The first-order chi connectivity index (χ1) is 13.1. The van der Waals surface area contributed by atoms with E-state index in [1.807, 2.05) is 49.4 Å². The van der Waals surface area contributed by atoms with Crippen molar-refractivity contribution in [1.82, 2.24) is 0 Å². The lowest BCUT2D eigenvalue weighted by molar-refractivity contribution is -0.125. The molecule has 0 aliphatic carbocycles. The Bertz CT molecular complexity index is 704. The van der Waals surface area contributed by atoms with Gasteiger partial charge in [-0.15, -0.1) is 0 Å². The maximum absolute atomic E-state index is 10.2. The number of halogens is 1. The van der Waals surface area contributed by atoms with Crippen LogP contribution in [0.3, 0.4) is 0 Å². The molecule has 6 heteroatoms. The maximum Gasteiger partial charge on any atom is 0.119 e. The van der Waals surface area contributed by atoms with Gasteiger partial charge in [-0.3, -0.25) is 0 Å². The Morgan fingerprint density at radius 3 is 2.44 bits per heavy atom. The van der Waals surface area contributed by atoms with Gasteiger partial charge in [-0.2, -0.15) is 0 Å². The molecule has 1 fully saturated rings. The van der Waals surface area contributed by atoms with E-state index in [9.17, 15) is 10.2 Å². The fourth-order valence-corrected chi connectivity index (χ4v) is 3.30. The lowest BCUT2D eigenvalue weighted by Crippen LogP contribution is -2.35. The van der Waals surface area contributed by atoms with Crippen LogP contribution in [0.25, 0.3) is 0 Å². The molecule has 1 heterocycles. The summed E-state index contributed by atoms with van der Waals surface area (Å²) in [6, 6.07) is 13.6. The molecule has 0 spiro atoms. The van der Waals surface area contributed by atoms with Gasteiger partial charge in [0.05, 0.1) is 25.4 Å². The van der Waals surface area contributed by atoms with Crippen LogP contribution in [-0.2, 0) is 11.2 Å². The highest BCUT2D eigenvalue weighted by atomic mass is 35.5. The summed E-state index contributed by atoms with van der Waals surface area (Å²) in [5.74, 6) is 0.850. The van der Waals surface area contributed by atoms with E-state index in [2.05, 4.69) is 0 Å². The van der Waals surface area contributed by atoms with Crippen LogP contribution in [0.2, 0.25) is 5.02 Å². The maximum atomic E-state index is 10.2. The number of aliphatic hydroxyl groups excluding tert-OH is 3. The van der Waals surface area contributed by atoms with E-state index in [1.165, 1.54) is 0 Å². The van der Waals surface area contributed by atoms with Crippen LogP contribution < -0.4 is 4.74 Å². The van der Waals surface area contributed by atoms with Crippen molar-refractivity contribution in [3.63, 3.8) is 0 Å². The summed E-state index contributed by atoms with van der Waals surface area (Å²) < 4.78 is 11.1. The van der Waals surface area contributed by atoms with Crippen molar-refractivity contribution in [3.05, 3.63) is 64.2 Å². The molecule has 0 radical (unpaired) electrons. The average Bonchev–Trinajstić information content (AvgIpc) is 2.67. The van der Waals surface area contributed by atoms with Crippen molar-refractivity contribution in [2.45, 2.75) is 38.1 Å². The molecular weight excluding hydrogens is 368 g/mol. The van der Waals surface area contributed by atoms with Crippen LogP contribution in [0.5, 0.6) is 5.75 Å². The topological polar surface area (TPSA) is 79.2 Å². The highest BCUT2D eigenvalue weighted by Crippen LogP contribution is 2.31. The minimum atomic E-state index is -0.719. The third-order valence-corrected chi connectivity index (χ3v) is 4.73. The zero-order chi connectivity index (χ0) is 19.8. The Morgan fingerprint density at radius 2 is 1.81 bits per heavy atom. The van der Waals surface area contributed by atoms with Gasteiger partial charge in [0.2, 0.25) is 0 Å². The summed E-state index contributed by atoms with van der Waals surface area (Å²) in [6.07, 6.45) is -0.753. The van der Waals surface area contributed by atoms with E-state index >= 15 is 0 Å². The van der Waals surface area contributed by atoms with E-state index in [0.29, 0.717) is 24.5 Å². The number of rotatable bonds is 5. The Kier molecular flexibility index (Phi) is 8.54. The molecule has 3 rings (SSSR count). The molecule has 0 amide bonds. The predicted molar refractivity (Wildman–Crippen MR) is 105 cm³/mol. The second kappa shape index (κ2) is 10.6. The van der Waals surface area contributed by atoms with Crippen LogP contribution in [0.15, 0.2) is 42.5 Å². The highest BCUT2D eigenvalue weighted by Gasteiger charge is 2.30. The van der Waals surface area contributed by atoms with Gasteiger partial charge in [-0.05, 0) is 48.2 Å². The molecular formula is C21H27ClO5. The number of aliphatic hydroxyl groups is 3. The first-order valence-electron chi connectivity index (χ1n) is 8.99. The van der Waals surface area contributed by atoms with Gasteiger partial charge >= 0.3 is 0 Å². The van der Waals surface area contributed by atoms with Crippen LogP contribution in [0, 0.1) is 0 Å². The third-order valence-electron chi connectivity index (χ3n) is 4.36. The van der Waals surface area contributed by atoms with Gasteiger partial charge in [0.15, 0.2) is 0 Å². The van der Waals surface area contributed by atoms with Crippen molar-refractivity contribution in [2.75, 3.05) is 20.3 Å². The van der Waals surface area contributed by atoms with Crippen molar-refractivity contribution in [1.29, 1.82) is 0 Å². The molecule has 1 aliphatic rings. The van der Waals surface area contributed by atoms with Crippen molar-refractivity contribution >= 4 is 11.6 Å². The number of hydrogen-bond donors (Lipinski definition) is 3. The standard InChI is InChI=1S/C20H23ClO4.CH4O/c1-2-24-17-6-3-13(4-7-17)9-15-10-14(5-8-18(15)21)20-19(23)11-16(22)12-25-20;1-2/h3-8,10,16,19-20,22-23H,2,9,11-12H2,1H3;2H,1H3/t16-,19+,20-;/m1./s1. The molecule has 5 nitrogen and oxygen atoms in total. The predicted octanol–water partition coefficient (Wildman–Crippen LogP) is 3.12. The quantitative estimate of drug-likeness (QED) is 0.726. The van der Waals surface area contributed by atoms with Crippen molar-refractivity contribution in [2.24, 2.45) is 0 Å². The summed E-state index contributed by atoms with van der Waals surface area (Å²) in [6.45, 7) is 2.84. The Morgan fingerprint density at radius 1 is 1.11 bits per heavy atom. The zero-order valence-corrected chi connectivity index (χ0v) is 16.4. The van der Waals surface area contributed by atoms with Gasteiger partial charge in [-0.25, -0.2) is 0 Å². The monoisotopic (exact) mass is 394 g/mol. The molecule has 148 valence electrons. The van der Waals surface area contributed by atoms with Crippen LogP contribution in [-0.4, -0.2) is 47.9 Å². The van der Waals surface area contributed by atoms with Gasteiger partial charge in [0.25, 0.3) is 0 Å². The zero-order valence-electron chi connectivity index (χ0n) is 15.6. The van der Waals surface area contributed by atoms with Gasteiger partial charge in [-0.1, -0.05) is 35.9 Å². The lowest BCUT2D eigenvalue weighted by atomic mass is 9.94. The highest BCUT2D eigenvalue weighted by molar-refractivity contribution is 6.31. The molecule has 0 aromatic heterocycles. The van der Waals surface area contributed by atoms with Crippen LogP contribution >= 0.6 is 11.6 Å². The summed E-state index contributed by atoms with van der Waals surface area (Å²) >= 11 is 6.36. The van der Waals surface area contributed by atoms with E-state index in [0.717, 1.165) is 29.5 Å². The minimum Gasteiger partial charge on any atom is -0.494 e. The fourth-order valence-electron chi connectivity index (χ4n) is 3.11. The van der Waals surface area contributed by atoms with E-state index < -0.39 is 18.3 Å². The fraction of sp³-hybridized carbons (Fsp3) is 0.429. The molecule has 3 atom stereocenters. The molecule has 2 aromatic carbocycles. The van der Waals surface area contributed by atoms with Crippen molar-refractivity contribution < 1.29 is 24.8 Å². The Labute approximate surface area is 165 Å². The molecule has 0 unspecified atom stereocenters. The van der Waals surface area contributed by atoms with Crippen molar-refractivity contribution in [3.8, 4) is 5.75 Å². The molecule has 0 saturated carbocycles. The second-order valence-corrected chi connectivity index (χ2v) is 6.72. The third kappa shape index (κ3) is 5.92. The Hall–Kier alpha value is -1.63. The number of hydrogen-bond acceptors (Lipinski definition) is 5.